The van der Waals surface area contributed by atoms with Crippen molar-refractivity contribution in [1.82, 2.24) is 0 Å². The molecule has 0 unspecified atom stereocenters. The molecule has 1 fully saturated rings. The summed E-state index contributed by atoms with van der Waals surface area (Å²) in [6.45, 7) is 4.23. The molecule has 0 heterocycles. The largest absolute Gasteiger partial charge is 0.426 e. The average Bonchev–Trinajstić information content (AvgIpc) is 2.75. The fourth-order valence-electron chi connectivity index (χ4n) is 3.88. The van der Waals surface area contributed by atoms with Crippen molar-refractivity contribution in [3.05, 3.63) is 65.2 Å². The van der Waals surface area contributed by atoms with Crippen LogP contribution in [0.2, 0.25) is 0 Å². The summed E-state index contributed by atoms with van der Waals surface area (Å²) >= 11 is 0. The van der Waals surface area contributed by atoms with E-state index in [1.54, 1.807) is 0 Å². The highest BCUT2D eigenvalue weighted by molar-refractivity contribution is 5.84. The number of rotatable bonds is 7. The van der Waals surface area contributed by atoms with E-state index < -0.39 is 0 Å². The second kappa shape index (κ2) is 9.68. The molecule has 0 aromatic heterocycles. The Bertz CT molecular complexity index is 712. The van der Waals surface area contributed by atoms with Crippen LogP contribution in [0.25, 0.3) is 0 Å². The minimum Gasteiger partial charge on any atom is -0.426 e. The number of carbonyl (C=O) groups excluding carboxylic acids is 2. The molecule has 3 heteroatoms. The quantitative estimate of drug-likeness (QED) is 0.483. The summed E-state index contributed by atoms with van der Waals surface area (Å²) in [6, 6.07) is 16.0. The van der Waals surface area contributed by atoms with Crippen molar-refractivity contribution in [2.75, 3.05) is 0 Å². The molecule has 1 aliphatic rings. The van der Waals surface area contributed by atoms with E-state index in [-0.39, 0.29) is 17.8 Å². The summed E-state index contributed by atoms with van der Waals surface area (Å²) in [5, 5.41) is 0. The lowest BCUT2D eigenvalue weighted by Crippen LogP contribution is -2.29. The summed E-state index contributed by atoms with van der Waals surface area (Å²) in [7, 11) is 0. The van der Waals surface area contributed by atoms with Crippen LogP contribution >= 0.6 is 0 Å². The second-order valence-corrected chi connectivity index (χ2v) is 7.78. The van der Waals surface area contributed by atoms with Gasteiger partial charge >= 0.3 is 5.97 Å². The van der Waals surface area contributed by atoms with E-state index in [4.69, 9.17) is 4.74 Å². The third-order valence-electron chi connectivity index (χ3n) is 5.88. The first-order valence-corrected chi connectivity index (χ1v) is 10.5. The molecule has 1 saturated carbocycles. The van der Waals surface area contributed by atoms with Crippen molar-refractivity contribution in [2.45, 2.75) is 58.8 Å². The van der Waals surface area contributed by atoms with Gasteiger partial charge in [-0.1, -0.05) is 50.2 Å². The predicted octanol–water partition coefficient (Wildman–Crippen LogP) is 5.34. The van der Waals surface area contributed by atoms with Gasteiger partial charge in [0.05, 0.1) is 5.92 Å². The SMILES string of the molecule is CCc1ccc(CC(=O)C2CCC(C(=O)Oc3ccc(CC)cc3)CC2)cc1. The number of Topliss-reactive ketones (excluding diaryl/α,β-unsaturated/α-hetero) is 1. The lowest BCUT2D eigenvalue weighted by molar-refractivity contribution is -0.141. The van der Waals surface area contributed by atoms with Gasteiger partial charge in [0, 0.05) is 12.3 Å². The fourth-order valence-corrected chi connectivity index (χ4v) is 3.88. The first-order chi connectivity index (χ1) is 13.6. The minimum atomic E-state index is -0.162. The van der Waals surface area contributed by atoms with Crippen molar-refractivity contribution >= 4 is 11.8 Å². The summed E-state index contributed by atoms with van der Waals surface area (Å²) in [5.41, 5.74) is 3.60. The number of carbonyl (C=O) groups is 2. The van der Waals surface area contributed by atoms with Gasteiger partial charge in [-0.05, 0) is 67.3 Å². The van der Waals surface area contributed by atoms with Gasteiger partial charge in [-0.25, -0.2) is 0 Å². The van der Waals surface area contributed by atoms with Crippen molar-refractivity contribution in [1.29, 1.82) is 0 Å². The highest BCUT2D eigenvalue weighted by atomic mass is 16.5. The van der Waals surface area contributed by atoms with Crippen LogP contribution in [0, 0.1) is 11.8 Å². The Labute approximate surface area is 168 Å². The zero-order chi connectivity index (χ0) is 19.9. The first-order valence-electron chi connectivity index (χ1n) is 10.5. The van der Waals surface area contributed by atoms with Gasteiger partial charge in [-0.3, -0.25) is 9.59 Å². The van der Waals surface area contributed by atoms with Crippen LogP contribution in [0.4, 0.5) is 0 Å². The van der Waals surface area contributed by atoms with E-state index in [0.717, 1.165) is 44.1 Å². The van der Waals surface area contributed by atoms with Crippen molar-refractivity contribution < 1.29 is 14.3 Å². The number of aryl methyl sites for hydroxylation is 2. The number of ether oxygens (including phenoxy) is 1. The fraction of sp³-hybridized carbons (Fsp3) is 0.440. The van der Waals surface area contributed by atoms with E-state index in [1.807, 2.05) is 24.3 Å². The molecule has 2 aromatic carbocycles. The standard InChI is InChI=1S/C25H30O3/c1-3-18-5-7-20(8-6-18)17-24(26)21-11-13-22(14-12-21)25(27)28-23-15-9-19(4-2)10-16-23/h5-10,15-16,21-22H,3-4,11-14,17H2,1-2H3. The summed E-state index contributed by atoms with van der Waals surface area (Å²) in [5.74, 6) is 0.713. The van der Waals surface area contributed by atoms with Gasteiger partial charge < -0.3 is 4.74 Å². The minimum absolute atomic E-state index is 0.0683. The third kappa shape index (κ3) is 5.31. The van der Waals surface area contributed by atoms with Crippen molar-refractivity contribution in [3.8, 4) is 5.75 Å². The molecule has 0 radical (unpaired) electrons. The van der Waals surface area contributed by atoms with Crippen molar-refractivity contribution in [3.63, 3.8) is 0 Å². The number of hydrogen-bond acceptors (Lipinski definition) is 3. The monoisotopic (exact) mass is 378 g/mol. The highest BCUT2D eigenvalue weighted by Gasteiger charge is 2.30. The van der Waals surface area contributed by atoms with E-state index in [1.165, 1.54) is 11.1 Å². The third-order valence-corrected chi connectivity index (χ3v) is 5.88. The molecule has 28 heavy (non-hydrogen) atoms. The van der Waals surface area contributed by atoms with Gasteiger partial charge in [-0.2, -0.15) is 0 Å². The molecule has 0 atom stereocenters. The van der Waals surface area contributed by atoms with Crippen LogP contribution < -0.4 is 4.74 Å². The Morgan fingerprint density at radius 2 is 1.21 bits per heavy atom. The van der Waals surface area contributed by atoms with E-state index in [2.05, 4.69) is 38.1 Å². The maximum atomic E-state index is 12.6. The molecule has 0 spiro atoms. The van der Waals surface area contributed by atoms with Crippen LogP contribution in [0.1, 0.15) is 56.2 Å². The Morgan fingerprint density at radius 1 is 0.750 bits per heavy atom. The number of esters is 1. The number of hydrogen-bond donors (Lipinski definition) is 0. The average molecular weight is 379 g/mol. The molecule has 0 bridgehead atoms. The van der Waals surface area contributed by atoms with Gasteiger partial charge in [0.1, 0.15) is 11.5 Å². The molecule has 0 amide bonds. The van der Waals surface area contributed by atoms with Gasteiger partial charge in [-0.15, -0.1) is 0 Å². The number of ketones is 1. The van der Waals surface area contributed by atoms with Crippen LogP contribution in [-0.4, -0.2) is 11.8 Å². The summed E-state index contributed by atoms with van der Waals surface area (Å²) in [6.07, 6.45) is 5.49. The maximum absolute atomic E-state index is 12.6. The Morgan fingerprint density at radius 3 is 1.75 bits per heavy atom. The smallest absolute Gasteiger partial charge is 0.314 e. The molecule has 2 aromatic rings. The molecule has 1 aliphatic carbocycles. The van der Waals surface area contributed by atoms with Crippen LogP contribution in [-0.2, 0) is 28.9 Å². The lowest BCUT2D eigenvalue weighted by atomic mass is 9.79. The Hall–Kier alpha value is -2.42. The van der Waals surface area contributed by atoms with E-state index >= 15 is 0 Å². The zero-order valence-corrected chi connectivity index (χ0v) is 16.9. The molecule has 148 valence electrons. The van der Waals surface area contributed by atoms with Crippen LogP contribution in [0.15, 0.2) is 48.5 Å². The van der Waals surface area contributed by atoms with Gasteiger partial charge in [0.25, 0.3) is 0 Å². The van der Waals surface area contributed by atoms with E-state index in [9.17, 15) is 9.59 Å². The van der Waals surface area contributed by atoms with Gasteiger partial charge in [0.2, 0.25) is 0 Å². The molecule has 0 aliphatic heterocycles. The maximum Gasteiger partial charge on any atom is 0.314 e. The van der Waals surface area contributed by atoms with E-state index in [0.29, 0.717) is 18.0 Å². The zero-order valence-electron chi connectivity index (χ0n) is 16.9. The molecular formula is C25H30O3. The van der Waals surface area contributed by atoms with Crippen molar-refractivity contribution in [2.24, 2.45) is 11.8 Å². The highest BCUT2D eigenvalue weighted by Crippen LogP contribution is 2.31. The number of benzene rings is 2. The first kappa shape index (κ1) is 20.3. The van der Waals surface area contributed by atoms with Crippen LogP contribution in [0.5, 0.6) is 5.75 Å². The Kier molecular flexibility index (Phi) is 7.02. The second-order valence-electron chi connectivity index (χ2n) is 7.78. The summed E-state index contributed by atoms with van der Waals surface area (Å²) in [4.78, 5) is 25.1. The lowest BCUT2D eigenvalue weighted by Gasteiger charge is -2.26. The molecule has 0 saturated heterocycles. The molecular weight excluding hydrogens is 348 g/mol. The summed E-state index contributed by atoms with van der Waals surface area (Å²) < 4.78 is 5.54. The topological polar surface area (TPSA) is 43.4 Å². The molecule has 3 rings (SSSR count). The normalized spacial score (nSPS) is 19.2. The van der Waals surface area contributed by atoms with Crippen LogP contribution in [0.3, 0.4) is 0 Å². The molecule has 0 N–H and O–H groups in total. The predicted molar refractivity (Wildman–Crippen MR) is 111 cm³/mol. The van der Waals surface area contributed by atoms with Gasteiger partial charge in [0.15, 0.2) is 0 Å². The molecule has 3 nitrogen and oxygen atoms in total. The Balaban J connectivity index is 1.47.